The van der Waals surface area contributed by atoms with E-state index in [0.29, 0.717) is 0 Å². The van der Waals surface area contributed by atoms with Crippen LogP contribution in [-0.4, -0.2) is 36.1 Å². The number of ether oxygens (including phenoxy) is 2. The van der Waals surface area contributed by atoms with E-state index in [-0.39, 0.29) is 17.8 Å². The maximum Gasteiger partial charge on any atom is 0.0892 e. The lowest BCUT2D eigenvalue weighted by atomic mass is 9.90. The van der Waals surface area contributed by atoms with Crippen molar-refractivity contribution in [2.75, 3.05) is 19.8 Å². The van der Waals surface area contributed by atoms with Gasteiger partial charge in [0, 0.05) is 13.2 Å². The minimum atomic E-state index is -0.301. The van der Waals surface area contributed by atoms with E-state index in [9.17, 15) is 5.11 Å². The highest BCUT2D eigenvalue weighted by molar-refractivity contribution is 4.95. The van der Waals surface area contributed by atoms with Crippen molar-refractivity contribution in [3.05, 3.63) is 0 Å². The van der Waals surface area contributed by atoms with E-state index in [0.717, 1.165) is 45.3 Å². The zero-order chi connectivity index (χ0) is 10.1. The lowest BCUT2D eigenvalue weighted by Gasteiger charge is -2.31. The van der Waals surface area contributed by atoms with Crippen molar-refractivity contribution in [1.29, 1.82) is 0 Å². The Morgan fingerprint density at radius 3 is 2.71 bits per heavy atom. The average molecular weight is 200 g/mol. The second-order valence-electron chi connectivity index (χ2n) is 4.86. The van der Waals surface area contributed by atoms with E-state index in [1.807, 2.05) is 6.92 Å². The normalized spacial score (nSPS) is 44.1. The monoisotopic (exact) mass is 200 g/mol. The van der Waals surface area contributed by atoms with Gasteiger partial charge < -0.3 is 14.6 Å². The minimum Gasteiger partial charge on any atom is -0.393 e. The molecule has 2 rings (SSSR count). The largest absolute Gasteiger partial charge is 0.393 e. The van der Waals surface area contributed by atoms with Crippen LogP contribution in [0.4, 0.5) is 0 Å². The first-order valence-electron chi connectivity index (χ1n) is 5.57. The predicted octanol–water partition coefficient (Wildman–Crippen LogP) is 1.49. The maximum atomic E-state index is 9.25. The summed E-state index contributed by atoms with van der Waals surface area (Å²) >= 11 is 0. The molecule has 2 aliphatic rings. The van der Waals surface area contributed by atoms with Crippen LogP contribution in [0.25, 0.3) is 0 Å². The van der Waals surface area contributed by atoms with Crippen molar-refractivity contribution >= 4 is 0 Å². The molecule has 0 amide bonds. The van der Waals surface area contributed by atoms with Crippen LogP contribution in [0.1, 0.15) is 39.0 Å². The van der Waals surface area contributed by atoms with Crippen molar-refractivity contribution in [2.24, 2.45) is 0 Å². The average Bonchev–Trinajstić information content (AvgIpc) is 2.36. The molecule has 2 heterocycles. The van der Waals surface area contributed by atoms with Gasteiger partial charge in [-0.25, -0.2) is 0 Å². The van der Waals surface area contributed by atoms with Crippen LogP contribution in [0.2, 0.25) is 0 Å². The molecular weight excluding hydrogens is 180 g/mol. The number of aliphatic hydroxyl groups excluding tert-OH is 1. The quantitative estimate of drug-likeness (QED) is 0.697. The van der Waals surface area contributed by atoms with Crippen LogP contribution < -0.4 is 0 Å². The molecule has 1 N–H and O–H groups in total. The molecular formula is C11H20O3. The Bertz CT molecular complexity index is 197. The lowest BCUT2D eigenvalue weighted by Crippen LogP contribution is -2.36. The van der Waals surface area contributed by atoms with E-state index in [1.165, 1.54) is 0 Å². The molecule has 0 aromatic heterocycles. The first-order valence-corrected chi connectivity index (χ1v) is 5.57. The molecule has 0 aliphatic carbocycles. The van der Waals surface area contributed by atoms with Gasteiger partial charge in [0.25, 0.3) is 0 Å². The van der Waals surface area contributed by atoms with Gasteiger partial charge in [-0.3, -0.25) is 0 Å². The molecule has 0 aromatic carbocycles. The fourth-order valence-electron chi connectivity index (χ4n) is 2.56. The van der Waals surface area contributed by atoms with Gasteiger partial charge in [-0.05, 0) is 39.0 Å². The summed E-state index contributed by atoms with van der Waals surface area (Å²) in [5, 5.41) is 9.25. The molecule has 2 unspecified atom stereocenters. The van der Waals surface area contributed by atoms with Crippen molar-refractivity contribution in [3.8, 4) is 0 Å². The lowest BCUT2D eigenvalue weighted by molar-refractivity contribution is -0.122. The van der Waals surface area contributed by atoms with Gasteiger partial charge in [-0.1, -0.05) is 0 Å². The maximum absolute atomic E-state index is 9.25. The van der Waals surface area contributed by atoms with Crippen LogP contribution in [0.15, 0.2) is 0 Å². The molecule has 14 heavy (non-hydrogen) atoms. The SMILES string of the molecule is CC1(CO)CCC2(CCCOCC2)O1. The summed E-state index contributed by atoms with van der Waals surface area (Å²) in [7, 11) is 0. The second kappa shape index (κ2) is 3.80. The third kappa shape index (κ3) is 1.95. The van der Waals surface area contributed by atoms with Crippen LogP contribution in [0, 0.1) is 0 Å². The Balaban J connectivity index is 2.03. The first-order chi connectivity index (χ1) is 6.68. The van der Waals surface area contributed by atoms with Gasteiger partial charge >= 0.3 is 0 Å². The topological polar surface area (TPSA) is 38.7 Å². The molecule has 0 aromatic rings. The number of rotatable bonds is 1. The molecule has 2 atom stereocenters. The molecule has 1 spiro atoms. The van der Waals surface area contributed by atoms with Crippen molar-refractivity contribution in [2.45, 2.75) is 50.2 Å². The highest BCUT2D eigenvalue weighted by atomic mass is 16.5. The third-order valence-electron chi connectivity index (χ3n) is 3.53. The Morgan fingerprint density at radius 2 is 2.00 bits per heavy atom. The summed E-state index contributed by atoms with van der Waals surface area (Å²) in [6, 6.07) is 0. The number of hydrogen-bond donors (Lipinski definition) is 1. The fourth-order valence-corrected chi connectivity index (χ4v) is 2.56. The van der Waals surface area contributed by atoms with Gasteiger partial charge in [0.15, 0.2) is 0 Å². The van der Waals surface area contributed by atoms with E-state index in [4.69, 9.17) is 9.47 Å². The Kier molecular flexibility index (Phi) is 2.82. The molecule has 2 saturated heterocycles. The molecule has 0 saturated carbocycles. The molecule has 0 radical (unpaired) electrons. The Hall–Kier alpha value is -0.120. The zero-order valence-corrected chi connectivity index (χ0v) is 8.92. The summed E-state index contributed by atoms with van der Waals surface area (Å²) < 4.78 is 11.5. The molecule has 82 valence electrons. The smallest absolute Gasteiger partial charge is 0.0892 e. The number of aliphatic hydroxyl groups is 1. The third-order valence-corrected chi connectivity index (χ3v) is 3.53. The van der Waals surface area contributed by atoms with E-state index in [2.05, 4.69) is 0 Å². The number of hydrogen-bond acceptors (Lipinski definition) is 3. The highest BCUT2D eigenvalue weighted by Crippen LogP contribution is 2.43. The van der Waals surface area contributed by atoms with Gasteiger partial charge in [0.05, 0.1) is 17.8 Å². The van der Waals surface area contributed by atoms with Crippen molar-refractivity contribution in [3.63, 3.8) is 0 Å². The molecule has 3 heteroatoms. The van der Waals surface area contributed by atoms with Gasteiger partial charge in [0.1, 0.15) is 0 Å². The van der Waals surface area contributed by atoms with E-state index >= 15 is 0 Å². The zero-order valence-electron chi connectivity index (χ0n) is 8.92. The molecule has 3 nitrogen and oxygen atoms in total. The summed E-state index contributed by atoms with van der Waals surface area (Å²) in [6.45, 7) is 3.81. The summed E-state index contributed by atoms with van der Waals surface area (Å²) in [6.07, 6.45) is 5.21. The molecule has 0 bridgehead atoms. The summed E-state index contributed by atoms with van der Waals surface area (Å²) in [4.78, 5) is 0. The summed E-state index contributed by atoms with van der Waals surface area (Å²) in [5.41, 5.74) is -0.293. The van der Waals surface area contributed by atoms with Gasteiger partial charge in [0.2, 0.25) is 0 Å². The van der Waals surface area contributed by atoms with Crippen molar-refractivity contribution < 1.29 is 14.6 Å². The molecule has 2 aliphatic heterocycles. The van der Waals surface area contributed by atoms with Crippen LogP contribution >= 0.6 is 0 Å². The highest BCUT2D eigenvalue weighted by Gasteiger charge is 2.46. The van der Waals surface area contributed by atoms with Gasteiger partial charge in [-0.2, -0.15) is 0 Å². The first kappa shape index (κ1) is 10.4. The predicted molar refractivity (Wildman–Crippen MR) is 53.2 cm³/mol. The Labute approximate surface area is 85.4 Å². The molecule has 2 fully saturated rings. The standard InChI is InChI=1S/C11H20O3/c1-10(9-12)4-5-11(14-10)3-2-7-13-8-6-11/h12H,2-9H2,1H3. The Morgan fingerprint density at radius 1 is 1.14 bits per heavy atom. The summed E-state index contributed by atoms with van der Waals surface area (Å²) in [5.74, 6) is 0. The second-order valence-corrected chi connectivity index (χ2v) is 4.86. The van der Waals surface area contributed by atoms with Crippen LogP contribution in [-0.2, 0) is 9.47 Å². The van der Waals surface area contributed by atoms with Crippen molar-refractivity contribution in [1.82, 2.24) is 0 Å². The minimum absolute atomic E-state index is 0.00792. The van der Waals surface area contributed by atoms with Crippen LogP contribution in [0.5, 0.6) is 0 Å². The van der Waals surface area contributed by atoms with E-state index in [1.54, 1.807) is 0 Å². The fraction of sp³-hybridized carbons (Fsp3) is 1.00. The van der Waals surface area contributed by atoms with Crippen LogP contribution in [0.3, 0.4) is 0 Å². The van der Waals surface area contributed by atoms with Gasteiger partial charge in [-0.15, -0.1) is 0 Å². The van der Waals surface area contributed by atoms with E-state index < -0.39 is 0 Å².